The lowest BCUT2D eigenvalue weighted by molar-refractivity contribution is -0.139. The highest BCUT2D eigenvalue weighted by atomic mass is 35.5. The number of rotatable bonds is 6. The zero-order valence-corrected chi connectivity index (χ0v) is 13.2. The molecule has 0 aliphatic rings. The molecule has 0 aliphatic heterocycles. The molecule has 0 unspecified atom stereocenters. The number of aliphatic carboxylic acids is 1. The predicted octanol–water partition coefficient (Wildman–Crippen LogP) is 2.77. The summed E-state index contributed by atoms with van der Waals surface area (Å²) in [6.45, 7) is 0. The summed E-state index contributed by atoms with van der Waals surface area (Å²) in [5.41, 5.74) is 0.988. The number of benzene rings is 2. The van der Waals surface area contributed by atoms with E-state index in [9.17, 15) is 14.7 Å². The number of hydrogen-bond donors (Lipinski definition) is 2. The van der Waals surface area contributed by atoms with Crippen LogP contribution in [0.3, 0.4) is 0 Å². The molecule has 2 rings (SSSR count). The first-order valence-electron chi connectivity index (χ1n) is 6.92. The number of carboxylic acids is 1. The summed E-state index contributed by atoms with van der Waals surface area (Å²) in [5, 5.41) is 12.1. The highest BCUT2D eigenvalue weighted by molar-refractivity contribution is 6.33. The number of halogens is 1. The third-order valence-electron chi connectivity index (χ3n) is 3.30. The van der Waals surface area contributed by atoms with Crippen LogP contribution in [0, 0.1) is 0 Å². The Morgan fingerprint density at radius 1 is 1.22 bits per heavy atom. The Kier molecular flexibility index (Phi) is 5.60. The molecule has 0 aliphatic carbocycles. The van der Waals surface area contributed by atoms with Crippen LogP contribution in [-0.4, -0.2) is 30.1 Å². The van der Waals surface area contributed by atoms with Gasteiger partial charge in [0.15, 0.2) is 0 Å². The summed E-state index contributed by atoms with van der Waals surface area (Å²) in [6, 6.07) is 12.5. The summed E-state index contributed by atoms with van der Waals surface area (Å²) in [6.07, 6.45) is 0.142. The molecule has 2 aromatic carbocycles. The van der Waals surface area contributed by atoms with Gasteiger partial charge in [0.25, 0.3) is 5.91 Å². The molecule has 1 amide bonds. The van der Waals surface area contributed by atoms with Crippen molar-refractivity contribution in [2.45, 2.75) is 12.5 Å². The molecule has 0 bridgehead atoms. The van der Waals surface area contributed by atoms with Crippen molar-refractivity contribution in [2.24, 2.45) is 0 Å². The van der Waals surface area contributed by atoms with Gasteiger partial charge in [-0.3, -0.25) is 4.79 Å². The van der Waals surface area contributed by atoms with Gasteiger partial charge in [0, 0.05) is 6.42 Å². The normalized spacial score (nSPS) is 11.6. The van der Waals surface area contributed by atoms with E-state index in [0.29, 0.717) is 5.75 Å². The maximum atomic E-state index is 12.2. The highest BCUT2D eigenvalue weighted by Crippen LogP contribution is 2.16. The second kappa shape index (κ2) is 7.65. The number of amides is 1. The van der Waals surface area contributed by atoms with E-state index in [4.69, 9.17) is 16.3 Å². The molecule has 2 aromatic rings. The molecular weight excluding hydrogens is 318 g/mol. The van der Waals surface area contributed by atoms with Crippen LogP contribution < -0.4 is 10.1 Å². The third-order valence-corrected chi connectivity index (χ3v) is 3.63. The van der Waals surface area contributed by atoms with E-state index in [-0.39, 0.29) is 17.0 Å². The van der Waals surface area contributed by atoms with Gasteiger partial charge in [0.2, 0.25) is 0 Å². The fourth-order valence-corrected chi connectivity index (χ4v) is 2.34. The van der Waals surface area contributed by atoms with Crippen molar-refractivity contribution < 1.29 is 19.4 Å². The molecule has 0 saturated carbocycles. The van der Waals surface area contributed by atoms with Gasteiger partial charge >= 0.3 is 5.97 Å². The van der Waals surface area contributed by atoms with E-state index < -0.39 is 17.9 Å². The Labute approximate surface area is 138 Å². The van der Waals surface area contributed by atoms with E-state index in [1.54, 1.807) is 48.5 Å². The molecule has 6 heteroatoms. The summed E-state index contributed by atoms with van der Waals surface area (Å²) in [4.78, 5) is 23.6. The molecule has 0 radical (unpaired) electrons. The quantitative estimate of drug-likeness (QED) is 0.852. The molecule has 120 valence electrons. The van der Waals surface area contributed by atoms with Gasteiger partial charge in [-0.15, -0.1) is 0 Å². The highest BCUT2D eigenvalue weighted by Gasteiger charge is 2.22. The van der Waals surface area contributed by atoms with Crippen LogP contribution in [0.1, 0.15) is 15.9 Å². The number of hydrogen-bond acceptors (Lipinski definition) is 3. The lowest BCUT2D eigenvalue weighted by Gasteiger charge is -2.15. The molecule has 0 fully saturated rings. The summed E-state index contributed by atoms with van der Waals surface area (Å²) in [5.74, 6) is -1.01. The van der Waals surface area contributed by atoms with Crippen molar-refractivity contribution in [1.82, 2.24) is 5.32 Å². The van der Waals surface area contributed by atoms with Gasteiger partial charge in [-0.05, 0) is 29.8 Å². The van der Waals surface area contributed by atoms with Crippen LogP contribution in [0.4, 0.5) is 0 Å². The van der Waals surface area contributed by atoms with Gasteiger partial charge in [-0.2, -0.15) is 0 Å². The van der Waals surface area contributed by atoms with Crippen molar-refractivity contribution in [3.63, 3.8) is 0 Å². The zero-order valence-electron chi connectivity index (χ0n) is 12.5. The Morgan fingerprint density at radius 3 is 2.61 bits per heavy atom. The van der Waals surface area contributed by atoms with Crippen molar-refractivity contribution >= 4 is 23.5 Å². The van der Waals surface area contributed by atoms with Crippen molar-refractivity contribution in [2.75, 3.05) is 7.11 Å². The van der Waals surface area contributed by atoms with Gasteiger partial charge < -0.3 is 15.2 Å². The number of carbonyl (C=O) groups excluding carboxylic acids is 1. The van der Waals surface area contributed by atoms with Crippen LogP contribution in [0.5, 0.6) is 5.75 Å². The number of carbonyl (C=O) groups is 2. The second-order valence-electron chi connectivity index (χ2n) is 4.90. The minimum atomic E-state index is -1.12. The van der Waals surface area contributed by atoms with Crippen LogP contribution >= 0.6 is 11.6 Å². The first-order valence-corrected chi connectivity index (χ1v) is 7.30. The minimum Gasteiger partial charge on any atom is -0.497 e. The smallest absolute Gasteiger partial charge is 0.326 e. The Balaban J connectivity index is 2.14. The van der Waals surface area contributed by atoms with Crippen LogP contribution in [0.25, 0.3) is 0 Å². The topological polar surface area (TPSA) is 75.6 Å². The summed E-state index contributed by atoms with van der Waals surface area (Å²) in [7, 11) is 1.53. The SMILES string of the molecule is COc1cccc(C[C@H](NC(=O)c2ccccc2Cl)C(=O)O)c1. The first kappa shape index (κ1) is 16.8. The van der Waals surface area contributed by atoms with E-state index in [1.807, 2.05) is 0 Å². The Bertz CT molecular complexity index is 717. The Morgan fingerprint density at radius 2 is 1.96 bits per heavy atom. The number of ether oxygens (including phenoxy) is 1. The number of nitrogens with one attached hydrogen (secondary N) is 1. The molecule has 23 heavy (non-hydrogen) atoms. The third kappa shape index (κ3) is 4.47. The van der Waals surface area contributed by atoms with Crippen LogP contribution in [0.2, 0.25) is 5.02 Å². The molecule has 5 nitrogen and oxygen atoms in total. The zero-order chi connectivity index (χ0) is 16.8. The number of methoxy groups -OCH3 is 1. The van der Waals surface area contributed by atoms with E-state index in [1.165, 1.54) is 7.11 Å². The lowest BCUT2D eigenvalue weighted by atomic mass is 10.0. The molecule has 0 spiro atoms. The second-order valence-corrected chi connectivity index (χ2v) is 5.31. The maximum absolute atomic E-state index is 12.2. The van der Waals surface area contributed by atoms with Crippen LogP contribution in [0.15, 0.2) is 48.5 Å². The van der Waals surface area contributed by atoms with Crippen molar-refractivity contribution in [3.8, 4) is 5.75 Å². The largest absolute Gasteiger partial charge is 0.497 e. The average Bonchev–Trinajstić information content (AvgIpc) is 2.54. The first-order chi connectivity index (χ1) is 11.0. The minimum absolute atomic E-state index is 0.142. The van der Waals surface area contributed by atoms with Crippen molar-refractivity contribution in [3.05, 3.63) is 64.7 Å². The number of carboxylic acid groups (broad SMARTS) is 1. The fraction of sp³-hybridized carbons (Fsp3) is 0.176. The summed E-state index contributed by atoms with van der Waals surface area (Å²) < 4.78 is 5.11. The lowest BCUT2D eigenvalue weighted by Crippen LogP contribution is -2.42. The van der Waals surface area contributed by atoms with Gasteiger partial charge in [0.05, 0.1) is 17.7 Å². The van der Waals surface area contributed by atoms with E-state index in [2.05, 4.69) is 5.32 Å². The summed E-state index contributed by atoms with van der Waals surface area (Å²) >= 11 is 5.96. The standard InChI is InChI=1S/C17H16ClNO4/c1-23-12-6-4-5-11(9-12)10-15(17(21)22)19-16(20)13-7-2-3-8-14(13)18/h2-9,15H,10H2,1H3,(H,19,20)(H,21,22)/t15-/m0/s1. The van der Waals surface area contributed by atoms with Gasteiger partial charge in [-0.1, -0.05) is 35.9 Å². The van der Waals surface area contributed by atoms with Gasteiger partial charge in [-0.25, -0.2) is 4.79 Å². The van der Waals surface area contributed by atoms with E-state index in [0.717, 1.165) is 5.56 Å². The Hall–Kier alpha value is -2.53. The molecule has 0 saturated heterocycles. The van der Waals surface area contributed by atoms with E-state index >= 15 is 0 Å². The molecular formula is C17H16ClNO4. The molecule has 2 N–H and O–H groups in total. The average molecular weight is 334 g/mol. The predicted molar refractivity (Wildman–Crippen MR) is 87.0 cm³/mol. The monoisotopic (exact) mass is 333 g/mol. The molecule has 1 atom stereocenters. The van der Waals surface area contributed by atoms with Gasteiger partial charge in [0.1, 0.15) is 11.8 Å². The molecule has 0 heterocycles. The maximum Gasteiger partial charge on any atom is 0.326 e. The van der Waals surface area contributed by atoms with Crippen LogP contribution in [-0.2, 0) is 11.2 Å². The fourth-order valence-electron chi connectivity index (χ4n) is 2.12. The van der Waals surface area contributed by atoms with Crippen molar-refractivity contribution in [1.29, 1.82) is 0 Å². The molecule has 0 aromatic heterocycles.